The third-order valence-corrected chi connectivity index (χ3v) is 11.7. The summed E-state index contributed by atoms with van der Waals surface area (Å²) in [6.07, 6.45) is 0.879. The summed E-state index contributed by atoms with van der Waals surface area (Å²) >= 11 is 0. The zero-order valence-corrected chi connectivity index (χ0v) is 23.5. The van der Waals surface area contributed by atoms with Gasteiger partial charge in [0.2, 0.25) is 5.91 Å². The van der Waals surface area contributed by atoms with Gasteiger partial charge in [0.05, 0.1) is 13.2 Å². The number of carbonyl (C=O) groups is 1. The monoisotopic (exact) mass is 535 g/mol. The maximum Gasteiger partial charge on any atom is 0.353 e. The lowest BCUT2D eigenvalue weighted by molar-refractivity contribution is -0.130. The van der Waals surface area contributed by atoms with Gasteiger partial charge in [-0.25, -0.2) is 4.79 Å². The first-order valence-corrected chi connectivity index (χ1v) is 15.5. The van der Waals surface area contributed by atoms with Gasteiger partial charge < -0.3 is 28.3 Å². The molecule has 0 bridgehead atoms. The average Bonchev–Trinajstić information content (AvgIpc) is 2.78. The second kappa shape index (κ2) is 13.4. The quantitative estimate of drug-likeness (QED) is 0.270. The summed E-state index contributed by atoms with van der Waals surface area (Å²) in [5.41, 5.74) is -1.30. The molecule has 2 atom stereocenters. The Labute approximate surface area is 206 Å². The molecule has 0 radical (unpaired) electrons. The molecule has 0 saturated carbocycles. The molecule has 0 aliphatic rings. The highest BCUT2D eigenvalue weighted by Gasteiger charge is 2.38. The second-order valence-corrected chi connectivity index (χ2v) is 16.1. The first-order valence-electron chi connectivity index (χ1n) is 11.0. The van der Waals surface area contributed by atoms with E-state index in [2.05, 4.69) is 44.2 Å². The van der Waals surface area contributed by atoms with Crippen LogP contribution in [0.2, 0.25) is 18.1 Å². The molecule has 0 unspecified atom stereocenters. The number of likely N-dealkylation sites (N-methyl/N-ethyl adjacent to an activating group) is 1. The summed E-state index contributed by atoms with van der Waals surface area (Å²) in [5, 5.41) is 2.35. The zero-order valence-electron chi connectivity index (χ0n) is 21.7. The molecule has 12 nitrogen and oxygen atoms in total. The van der Waals surface area contributed by atoms with Crippen LogP contribution in [0.1, 0.15) is 27.0 Å². The topological polar surface area (TPSA) is 147 Å². The molecule has 14 heteroatoms. The van der Waals surface area contributed by atoms with Crippen molar-refractivity contribution >= 4 is 21.8 Å². The van der Waals surface area contributed by atoms with Gasteiger partial charge in [0.1, 0.15) is 12.7 Å². The van der Waals surface area contributed by atoms with Crippen LogP contribution in [-0.4, -0.2) is 71.0 Å². The summed E-state index contributed by atoms with van der Waals surface area (Å²) in [4.78, 5) is 37.7. The molecule has 0 fully saturated rings. The maximum absolute atomic E-state index is 12.6. The Morgan fingerprint density at radius 1 is 1.23 bits per heavy atom. The lowest BCUT2D eigenvalue weighted by Crippen LogP contribution is -2.43. The highest BCUT2D eigenvalue weighted by Crippen LogP contribution is 2.48. The standard InChI is InChI=1S/C21H38N3O9PSi/c1-21(2,3)35(7,8)32-13-16(10-12-34(28,29-5)30-6)33-19(15-31-14-18(26)22-4)24-11-9-17(25)23-20(24)27/h9-12,16,19H,13-15H2,1-8H3,(H,22,26)(H,23,25,27)/b12-10+/t16-,19-/m1/s1. The molecule has 0 aliphatic heterocycles. The molecule has 2 N–H and O–H groups in total. The fourth-order valence-corrected chi connectivity index (χ4v) is 4.22. The molecular weight excluding hydrogens is 497 g/mol. The number of H-pyrrole nitrogens is 1. The molecule has 1 aromatic heterocycles. The highest BCUT2D eigenvalue weighted by molar-refractivity contribution is 7.57. The van der Waals surface area contributed by atoms with Crippen LogP contribution in [0.15, 0.2) is 33.7 Å². The third-order valence-electron chi connectivity index (χ3n) is 5.67. The van der Waals surface area contributed by atoms with Crippen LogP contribution in [0.3, 0.4) is 0 Å². The van der Waals surface area contributed by atoms with Gasteiger partial charge in [-0.2, -0.15) is 0 Å². The number of hydrogen-bond donors (Lipinski definition) is 2. The second-order valence-electron chi connectivity index (χ2n) is 9.15. The normalized spacial score (nSPS) is 14.7. The Bertz CT molecular complexity index is 1010. The Kier molecular flexibility index (Phi) is 12.0. The van der Waals surface area contributed by atoms with Gasteiger partial charge in [-0.3, -0.25) is 23.7 Å². The number of rotatable bonds is 14. The van der Waals surface area contributed by atoms with Gasteiger partial charge in [-0.15, -0.1) is 0 Å². The van der Waals surface area contributed by atoms with Crippen LogP contribution >= 0.6 is 7.60 Å². The largest absolute Gasteiger partial charge is 0.414 e. The third kappa shape index (κ3) is 9.96. The SMILES string of the molecule is CNC(=O)COC[C@@H](O[C@H](/C=C/P(=O)(OC)OC)CO[Si](C)(C)C(C)(C)C)n1ccc(=O)[nH]c1=O. The molecule has 0 aliphatic carbocycles. The summed E-state index contributed by atoms with van der Waals surface area (Å²) < 4.78 is 41.4. The van der Waals surface area contributed by atoms with Crippen molar-refractivity contribution in [2.75, 3.05) is 41.1 Å². The maximum atomic E-state index is 12.6. The van der Waals surface area contributed by atoms with Crippen LogP contribution < -0.4 is 16.6 Å². The van der Waals surface area contributed by atoms with E-state index in [0.717, 1.165) is 10.6 Å². The molecule has 200 valence electrons. The van der Waals surface area contributed by atoms with E-state index < -0.39 is 39.5 Å². The fourth-order valence-electron chi connectivity index (χ4n) is 2.41. The molecule has 0 saturated heterocycles. The van der Waals surface area contributed by atoms with E-state index in [9.17, 15) is 18.9 Å². The van der Waals surface area contributed by atoms with Gasteiger partial charge in [-0.05, 0) is 24.2 Å². The predicted octanol–water partition coefficient (Wildman–Crippen LogP) is 2.20. The Hall–Kier alpha value is -1.86. The smallest absolute Gasteiger partial charge is 0.353 e. The van der Waals surface area contributed by atoms with Gasteiger partial charge in [0.25, 0.3) is 5.56 Å². The first kappa shape index (κ1) is 31.2. The van der Waals surface area contributed by atoms with Gasteiger partial charge in [0.15, 0.2) is 14.5 Å². The number of nitrogens with one attached hydrogen (secondary N) is 2. The molecule has 35 heavy (non-hydrogen) atoms. The van der Waals surface area contributed by atoms with E-state index in [1.807, 2.05) is 0 Å². The van der Waals surface area contributed by atoms with Crippen LogP contribution in [-0.2, 0) is 32.3 Å². The van der Waals surface area contributed by atoms with Crippen molar-refractivity contribution in [1.29, 1.82) is 0 Å². The number of aromatic amines is 1. The molecule has 1 aromatic rings. The Morgan fingerprint density at radius 3 is 2.37 bits per heavy atom. The fraction of sp³-hybridized carbons (Fsp3) is 0.667. The van der Waals surface area contributed by atoms with Crippen molar-refractivity contribution in [3.63, 3.8) is 0 Å². The minimum absolute atomic E-state index is 0.0739. The van der Waals surface area contributed by atoms with E-state index in [0.29, 0.717) is 0 Å². The predicted molar refractivity (Wildman–Crippen MR) is 134 cm³/mol. The minimum Gasteiger partial charge on any atom is -0.414 e. The number of hydrogen-bond acceptors (Lipinski definition) is 9. The van der Waals surface area contributed by atoms with Gasteiger partial charge in [-0.1, -0.05) is 20.8 Å². The first-order chi connectivity index (χ1) is 16.2. The highest BCUT2D eigenvalue weighted by atomic mass is 31.2. The van der Waals surface area contributed by atoms with Crippen LogP contribution in [0, 0.1) is 0 Å². The van der Waals surface area contributed by atoms with E-state index in [-0.39, 0.29) is 30.8 Å². The van der Waals surface area contributed by atoms with Crippen molar-refractivity contribution in [2.24, 2.45) is 0 Å². The van der Waals surface area contributed by atoms with Crippen LogP contribution in [0.5, 0.6) is 0 Å². The number of aromatic nitrogens is 2. The minimum atomic E-state index is -3.51. The number of carbonyl (C=O) groups excluding carboxylic acids is 1. The van der Waals surface area contributed by atoms with Crippen LogP contribution in [0.4, 0.5) is 0 Å². The zero-order chi connectivity index (χ0) is 26.9. The van der Waals surface area contributed by atoms with Crippen LogP contribution in [0.25, 0.3) is 0 Å². The molecular formula is C21H38N3O9PSi. The Balaban J connectivity index is 3.30. The van der Waals surface area contributed by atoms with Gasteiger partial charge >= 0.3 is 13.3 Å². The van der Waals surface area contributed by atoms with Crippen molar-refractivity contribution in [3.05, 3.63) is 45.0 Å². The van der Waals surface area contributed by atoms with Crippen molar-refractivity contribution in [2.45, 2.75) is 51.2 Å². The van der Waals surface area contributed by atoms with Gasteiger partial charge in [0, 0.05) is 39.3 Å². The number of amides is 1. The average molecular weight is 536 g/mol. The summed E-state index contributed by atoms with van der Waals surface area (Å²) in [5.74, 6) is 0.890. The van der Waals surface area contributed by atoms with Crippen molar-refractivity contribution in [1.82, 2.24) is 14.9 Å². The van der Waals surface area contributed by atoms with Crippen molar-refractivity contribution < 1.29 is 32.3 Å². The van der Waals surface area contributed by atoms with E-state index in [4.69, 9.17) is 22.9 Å². The summed E-state index contributed by atoms with van der Waals surface area (Å²) in [6.45, 7) is 10.0. The van der Waals surface area contributed by atoms with E-state index in [1.54, 1.807) is 0 Å². The van der Waals surface area contributed by atoms with E-state index >= 15 is 0 Å². The molecule has 1 heterocycles. The van der Waals surface area contributed by atoms with E-state index in [1.165, 1.54) is 39.4 Å². The molecule has 1 amide bonds. The summed E-state index contributed by atoms with van der Waals surface area (Å²) in [6, 6.07) is 1.16. The summed E-state index contributed by atoms with van der Waals surface area (Å²) in [7, 11) is -1.73. The molecule has 1 rings (SSSR count). The lowest BCUT2D eigenvalue weighted by Gasteiger charge is -2.37. The molecule has 0 aromatic carbocycles. The molecule has 0 spiro atoms. The lowest BCUT2D eigenvalue weighted by atomic mass is 10.2. The number of nitrogens with zero attached hydrogens (tertiary/aromatic N) is 1. The Morgan fingerprint density at radius 2 is 1.86 bits per heavy atom. The number of ether oxygens (including phenoxy) is 2. The van der Waals surface area contributed by atoms with Crippen molar-refractivity contribution in [3.8, 4) is 0 Å².